The van der Waals surface area contributed by atoms with Gasteiger partial charge in [-0.25, -0.2) is 4.79 Å². The molecule has 1 aromatic heterocycles. The second-order valence-electron chi connectivity index (χ2n) is 7.33. The first kappa shape index (κ1) is 17.3. The predicted molar refractivity (Wildman–Crippen MR) is 103 cm³/mol. The largest absolute Gasteiger partial charge is 0.480 e. The summed E-state index contributed by atoms with van der Waals surface area (Å²) < 4.78 is 1.15. The molecule has 2 aliphatic rings. The third kappa shape index (κ3) is 3.99. The zero-order valence-electron chi connectivity index (χ0n) is 14.5. The number of carboxylic acids is 1. The number of hydrogen-bond acceptors (Lipinski definition) is 4. The van der Waals surface area contributed by atoms with Gasteiger partial charge in [-0.1, -0.05) is 18.2 Å². The second-order valence-corrected chi connectivity index (χ2v) is 8.24. The van der Waals surface area contributed by atoms with Gasteiger partial charge in [-0.3, -0.25) is 9.69 Å². The van der Waals surface area contributed by atoms with Crippen LogP contribution in [0, 0.1) is 5.92 Å². The molecule has 2 aliphatic carbocycles. The zero-order chi connectivity index (χ0) is 18.1. The first-order valence-corrected chi connectivity index (χ1v) is 9.96. The molecule has 2 aromatic rings. The average Bonchev–Trinajstić information content (AvgIpc) is 3.29. The fourth-order valence-electron chi connectivity index (χ4n) is 3.57. The molecule has 6 nitrogen and oxygen atoms in total. The van der Waals surface area contributed by atoms with Crippen molar-refractivity contribution in [2.75, 3.05) is 18.4 Å². The van der Waals surface area contributed by atoms with Crippen LogP contribution >= 0.6 is 11.3 Å². The van der Waals surface area contributed by atoms with E-state index in [9.17, 15) is 9.59 Å². The van der Waals surface area contributed by atoms with Crippen molar-refractivity contribution in [2.45, 2.75) is 37.8 Å². The first-order chi connectivity index (χ1) is 12.6. The van der Waals surface area contributed by atoms with Crippen LogP contribution in [0.4, 0.5) is 10.5 Å². The molecule has 0 saturated heterocycles. The number of rotatable bonds is 7. The highest BCUT2D eigenvalue weighted by Gasteiger charge is 2.37. The molecular formula is C19H23N3O3S. The number of benzene rings is 1. The Balaban J connectivity index is 1.27. The van der Waals surface area contributed by atoms with Crippen LogP contribution < -0.4 is 10.6 Å². The third-order valence-corrected chi connectivity index (χ3v) is 6.19. The topological polar surface area (TPSA) is 81.7 Å². The average molecular weight is 373 g/mol. The number of carbonyl (C=O) groups is 2. The quantitative estimate of drug-likeness (QED) is 0.695. The summed E-state index contributed by atoms with van der Waals surface area (Å²) in [6.07, 6.45) is 4.05. The molecule has 3 N–H and O–H groups in total. The van der Waals surface area contributed by atoms with Crippen LogP contribution in [0.1, 0.15) is 25.7 Å². The van der Waals surface area contributed by atoms with E-state index in [2.05, 4.69) is 15.5 Å². The Labute approximate surface area is 156 Å². The van der Waals surface area contributed by atoms with Gasteiger partial charge in [0.15, 0.2) is 0 Å². The number of carboxylic acid groups (broad SMARTS) is 1. The number of amides is 2. The number of fused-ring (bicyclic) bond motifs is 1. The molecule has 0 atom stereocenters. The van der Waals surface area contributed by atoms with Gasteiger partial charge in [0, 0.05) is 34.1 Å². The van der Waals surface area contributed by atoms with E-state index in [1.165, 1.54) is 12.8 Å². The summed E-state index contributed by atoms with van der Waals surface area (Å²) in [5, 5.41) is 18.1. The van der Waals surface area contributed by atoms with Gasteiger partial charge >= 0.3 is 12.0 Å². The summed E-state index contributed by atoms with van der Waals surface area (Å²) in [5.74, 6) is -0.110. The zero-order valence-corrected chi connectivity index (χ0v) is 15.3. The van der Waals surface area contributed by atoms with Crippen LogP contribution in [0.15, 0.2) is 29.6 Å². The van der Waals surface area contributed by atoms with E-state index in [1.807, 2.05) is 29.6 Å². The van der Waals surface area contributed by atoms with Gasteiger partial charge in [0.2, 0.25) is 0 Å². The molecule has 0 bridgehead atoms. The Morgan fingerprint density at radius 1 is 1.23 bits per heavy atom. The summed E-state index contributed by atoms with van der Waals surface area (Å²) in [5.41, 5.74) is 0.834. The molecule has 2 amide bonds. The van der Waals surface area contributed by atoms with E-state index < -0.39 is 5.97 Å². The molecule has 0 unspecified atom stereocenters. The molecule has 26 heavy (non-hydrogen) atoms. The van der Waals surface area contributed by atoms with Crippen LogP contribution in [0.2, 0.25) is 0 Å². The van der Waals surface area contributed by atoms with Gasteiger partial charge in [-0.15, -0.1) is 11.3 Å². The molecule has 0 aliphatic heterocycles. The Morgan fingerprint density at radius 3 is 2.73 bits per heavy atom. The van der Waals surface area contributed by atoms with Gasteiger partial charge in [-0.2, -0.15) is 0 Å². The van der Waals surface area contributed by atoms with Crippen molar-refractivity contribution in [3.05, 3.63) is 29.6 Å². The first-order valence-electron chi connectivity index (χ1n) is 9.08. The highest BCUT2D eigenvalue weighted by atomic mass is 32.1. The molecule has 1 aromatic carbocycles. The monoisotopic (exact) mass is 373 g/mol. The molecule has 7 heteroatoms. The SMILES string of the molecule is O=C(O)CN(CC1CC1)C1CC(NC(=O)Nc2csc3ccccc23)C1. The van der Waals surface area contributed by atoms with Crippen LogP contribution in [0.3, 0.4) is 0 Å². The Kier molecular flexibility index (Phi) is 4.82. The number of carbonyl (C=O) groups excluding carboxylic acids is 1. The van der Waals surface area contributed by atoms with Crippen molar-refractivity contribution in [2.24, 2.45) is 5.92 Å². The van der Waals surface area contributed by atoms with Crippen molar-refractivity contribution in [3.8, 4) is 0 Å². The lowest BCUT2D eigenvalue weighted by Gasteiger charge is -2.42. The van der Waals surface area contributed by atoms with Gasteiger partial charge in [0.05, 0.1) is 12.2 Å². The minimum Gasteiger partial charge on any atom is -0.480 e. The molecule has 4 rings (SSSR count). The lowest BCUT2D eigenvalue weighted by atomic mass is 9.85. The summed E-state index contributed by atoms with van der Waals surface area (Å²) in [6, 6.07) is 8.18. The normalized spacial score (nSPS) is 22.2. The fraction of sp³-hybridized carbons (Fsp3) is 0.474. The Bertz CT molecular complexity index is 811. The molecular weight excluding hydrogens is 350 g/mol. The molecule has 1 heterocycles. The van der Waals surface area contributed by atoms with Crippen LogP contribution in [0.25, 0.3) is 10.1 Å². The van der Waals surface area contributed by atoms with Crippen LogP contribution in [0.5, 0.6) is 0 Å². The number of anilines is 1. The van der Waals surface area contributed by atoms with E-state index in [1.54, 1.807) is 11.3 Å². The van der Waals surface area contributed by atoms with Crippen molar-refractivity contribution in [1.82, 2.24) is 10.2 Å². The van der Waals surface area contributed by atoms with Crippen molar-refractivity contribution in [1.29, 1.82) is 0 Å². The minimum atomic E-state index is -0.774. The highest BCUT2D eigenvalue weighted by molar-refractivity contribution is 7.17. The number of nitrogens with one attached hydrogen (secondary N) is 2. The van der Waals surface area contributed by atoms with Crippen LogP contribution in [-0.4, -0.2) is 47.2 Å². The smallest absolute Gasteiger partial charge is 0.319 e. The number of thiophene rings is 1. The van der Waals surface area contributed by atoms with Crippen molar-refractivity contribution in [3.63, 3.8) is 0 Å². The van der Waals surface area contributed by atoms with Gasteiger partial charge in [0.1, 0.15) is 0 Å². The van der Waals surface area contributed by atoms with Gasteiger partial charge in [0.25, 0.3) is 0 Å². The lowest BCUT2D eigenvalue weighted by Crippen LogP contribution is -2.55. The fourth-order valence-corrected chi connectivity index (χ4v) is 4.46. The second kappa shape index (κ2) is 7.25. The van der Waals surface area contributed by atoms with Gasteiger partial charge < -0.3 is 15.7 Å². The summed E-state index contributed by atoms with van der Waals surface area (Å²) in [6.45, 7) is 0.970. The minimum absolute atomic E-state index is 0.0982. The van der Waals surface area contributed by atoms with E-state index in [0.29, 0.717) is 5.92 Å². The highest BCUT2D eigenvalue weighted by Crippen LogP contribution is 2.34. The molecule has 0 radical (unpaired) electrons. The third-order valence-electron chi connectivity index (χ3n) is 5.22. The summed E-state index contributed by atoms with van der Waals surface area (Å²) in [4.78, 5) is 25.4. The van der Waals surface area contributed by atoms with E-state index in [4.69, 9.17) is 5.11 Å². The maximum absolute atomic E-state index is 12.3. The number of hydrogen-bond donors (Lipinski definition) is 3. The number of nitrogens with zero attached hydrogens (tertiary/aromatic N) is 1. The molecule has 138 valence electrons. The summed E-state index contributed by atoms with van der Waals surface area (Å²) in [7, 11) is 0. The predicted octanol–water partition coefficient (Wildman–Crippen LogP) is 3.35. The van der Waals surface area contributed by atoms with Gasteiger partial charge in [-0.05, 0) is 37.7 Å². The van der Waals surface area contributed by atoms with E-state index >= 15 is 0 Å². The number of urea groups is 1. The Hall–Kier alpha value is -2.12. The lowest BCUT2D eigenvalue weighted by molar-refractivity contribution is -0.139. The van der Waals surface area contributed by atoms with Crippen molar-refractivity contribution >= 4 is 39.1 Å². The standard InChI is InChI=1S/C19H23N3O3S/c23-18(24)10-22(9-12-5-6-12)14-7-13(8-14)20-19(25)21-16-11-26-17-4-2-1-3-15(16)17/h1-4,11-14H,5-10H2,(H,23,24)(H2,20,21,25). The van der Waals surface area contributed by atoms with E-state index in [-0.39, 0.29) is 24.7 Å². The number of aliphatic carboxylic acids is 1. The molecule has 0 spiro atoms. The molecule has 2 saturated carbocycles. The van der Waals surface area contributed by atoms with Crippen molar-refractivity contribution < 1.29 is 14.7 Å². The van der Waals surface area contributed by atoms with E-state index in [0.717, 1.165) is 35.2 Å². The maximum Gasteiger partial charge on any atom is 0.319 e. The Morgan fingerprint density at radius 2 is 2.00 bits per heavy atom. The maximum atomic E-state index is 12.3. The van der Waals surface area contributed by atoms with Crippen LogP contribution in [-0.2, 0) is 4.79 Å². The molecule has 2 fully saturated rings. The summed E-state index contributed by atoms with van der Waals surface area (Å²) >= 11 is 1.61.